The summed E-state index contributed by atoms with van der Waals surface area (Å²) in [7, 11) is 0. The first-order chi connectivity index (χ1) is 6.27. The van der Waals surface area contributed by atoms with Gasteiger partial charge in [-0.25, -0.2) is 0 Å². The number of nitrogens with zero attached hydrogens (tertiary/aromatic N) is 2. The summed E-state index contributed by atoms with van der Waals surface area (Å²) >= 11 is 0. The molecule has 15 heavy (non-hydrogen) atoms. The predicted molar refractivity (Wildman–Crippen MR) is 48.1 cm³/mol. The Morgan fingerprint density at radius 1 is 1.33 bits per heavy atom. The topological polar surface area (TPSA) is 17.8 Å². The van der Waals surface area contributed by atoms with Gasteiger partial charge in [-0.05, 0) is 11.8 Å². The third-order valence-electron chi connectivity index (χ3n) is 1.57. The minimum absolute atomic E-state index is 0. The summed E-state index contributed by atoms with van der Waals surface area (Å²) in [5, 5.41) is 3.80. The van der Waals surface area contributed by atoms with E-state index >= 15 is 0 Å². The van der Waals surface area contributed by atoms with Crippen LogP contribution in [0.5, 0.6) is 0 Å². The Bertz CT molecular complexity index is 420. The van der Waals surface area contributed by atoms with E-state index in [2.05, 4.69) is 11.2 Å². The van der Waals surface area contributed by atoms with Crippen LogP contribution in [0.15, 0.2) is 30.6 Å². The molecule has 2 aromatic rings. The first-order valence-electron chi connectivity index (χ1n) is 3.64. The molecule has 1 aromatic heterocycles. The van der Waals surface area contributed by atoms with Crippen molar-refractivity contribution < 1.29 is 25.8 Å². The molecule has 0 radical (unpaired) electrons. The molecule has 0 atom stereocenters. The quantitative estimate of drug-likeness (QED) is 0.464. The maximum Gasteiger partial charge on any atom is 2.00 e. The molecule has 0 fully saturated rings. The van der Waals surface area contributed by atoms with Crippen LogP contribution >= 0.6 is 0 Å². The predicted octanol–water partition coefficient (Wildman–Crippen LogP) is -1.43. The van der Waals surface area contributed by atoms with Crippen LogP contribution in [-0.2, 0) is 0 Å². The molecule has 0 aliphatic rings. The zero-order chi connectivity index (χ0) is 9.26. The van der Waals surface area contributed by atoms with E-state index < -0.39 is 11.6 Å². The molecule has 1 heterocycles. The van der Waals surface area contributed by atoms with Gasteiger partial charge in [0.1, 0.15) is 0 Å². The van der Waals surface area contributed by atoms with Gasteiger partial charge in [0.15, 0.2) is 0 Å². The van der Waals surface area contributed by atoms with Crippen LogP contribution in [-0.4, -0.2) is 32.8 Å². The van der Waals surface area contributed by atoms with E-state index in [0.717, 1.165) is 12.1 Å². The van der Waals surface area contributed by atoms with Crippen molar-refractivity contribution in [1.82, 2.24) is 9.78 Å². The molecule has 0 amide bonds. The van der Waals surface area contributed by atoms with E-state index in [1.807, 2.05) is 0 Å². The maximum absolute atomic E-state index is 13.1. The number of rotatable bonds is 1. The summed E-state index contributed by atoms with van der Waals surface area (Å²) in [6, 6.07) is 5.98. The third kappa shape index (κ3) is 3.25. The summed E-state index contributed by atoms with van der Waals surface area (Å²) in [6.07, 6.45) is 3.07. The Hall–Kier alpha value is -0.464. The zero-order valence-corrected chi connectivity index (χ0v) is 10.6. The normalized spacial score (nSPS) is 8.93. The monoisotopic (exact) mass is 282 g/mol. The van der Waals surface area contributed by atoms with Gasteiger partial charge in [0.05, 0.1) is 0 Å². The third-order valence-corrected chi connectivity index (χ3v) is 1.57. The van der Waals surface area contributed by atoms with Gasteiger partial charge in [0.2, 0.25) is 0 Å². The molecule has 0 bridgehead atoms. The van der Waals surface area contributed by atoms with E-state index in [1.54, 1.807) is 12.3 Å². The van der Waals surface area contributed by atoms with Crippen LogP contribution in [0, 0.1) is 17.7 Å². The standard InChI is InChI=1S/C9H5F2N2.BrH.Mg/c10-7-2-3-9(8(11)6-7)13-5-1-4-12-13;;/h1-2,4-6H;1H;/q-1;;+2/p-1. The van der Waals surface area contributed by atoms with Crippen molar-refractivity contribution in [2.45, 2.75) is 0 Å². The molecule has 0 N–H and O–H groups in total. The molecule has 74 valence electrons. The number of benzene rings is 1. The van der Waals surface area contributed by atoms with Crippen molar-refractivity contribution in [1.29, 1.82) is 0 Å². The molecule has 1 aromatic carbocycles. The summed E-state index contributed by atoms with van der Waals surface area (Å²) in [5.41, 5.74) is 0.117. The number of hydrogen-bond acceptors (Lipinski definition) is 1. The SMILES string of the molecule is Fc1c[c-]c(-n2cccn2)c(F)c1.[Br-].[Mg+2]. The number of hydrogen-bond donors (Lipinski definition) is 0. The number of aromatic nitrogens is 2. The minimum Gasteiger partial charge on any atom is -1.00 e. The first kappa shape index (κ1) is 14.5. The molecule has 0 spiro atoms. The molecular formula is C9H5BrF2MgN2. The molecule has 0 unspecified atom stereocenters. The second kappa shape index (κ2) is 6.19. The van der Waals surface area contributed by atoms with E-state index in [1.165, 1.54) is 10.9 Å². The minimum atomic E-state index is -0.677. The zero-order valence-electron chi connectivity index (χ0n) is 7.62. The summed E-state index contributed by atoms with van der Waals surface area (Å²) in [5.74, 6) is -1.32. The van der Waals surface area contributed by atoms with E-state index in [-0.39, 0.29) is 45.7 Å². The van der Waals surface area contributed by atoms with Crippen molar-refractivity contribution in [2.24, 2.45) is 0 Å². The summed E-state index contributed by atoms with van der Waals surface area (Å²) in [6.45, 7) is 0. The summed E-state index contributed by atoms with van der Waals surface area (Å²) in [4.78, 5) is 0. The fraction of sp³-hybridized carbons (Fsp3) is 0. The van der Waals surface area contributed by atoms with Gasteiger partial charge in [-0.2, -0.15) is 11.2 Å². The Labute approximate surface area is 112 Å². The van der Waals surface area contributed by atoms with Gasteiger partial charge in [0.25, 0.3) is 0 Å². The second-order valence-corrected chi connectivity index (χ2v) is 2.47. The maximum atomic E-state index is 13.1. The molecule has 6 heteroatoms. The van der Waals surface area contributed by atoms with Gasteiger partial charge in [-0.3, -0.25) is 13.5 Å². The molecule has 0 aliphatic carbocycles. The van der Waals surface area contributed by atoms with Crippen molar-refractivity contribution in [3.63, 3.8) is 0 Å². The van der Waals surface area contributed by atoms with Gasteiger partial charge in [-0.15, -0.1) is 12.1 Å². The van der Waals surface area contributed by atoms with E-state index in [4.69, 9.17) is 0 Å². The van der Waals surface area contributed by atoms with Crippen LogP contribution in [0.3, 0.4) is 0 Å². The van der Waals surface area contributed by atoms with Gasteiger partial charge < -0.3 is 17.0 Å². The largest absolute Gasteiger partial charge is 2.00 e. The van der Waals surface area contributed by atoms with E-state index in [0.29, 0.717) is 0 Å². The van der Waals surface area contributed by atoms with Crippen molar-refractivity contribution in [3.05, 3.63) is 48.3 Å². The molecule has 0 saturated carbocycles. The molecule has 2 nitrogen and oxygen atoms in total. The van der Waals surface area contributed by atoms with Gasteiger partial charge in [-0.1, -0.05) is 0 Å². The Kier molecular flexibility index (Phi) is 6.00. The van der Waals surface area contributed by atoms with Crippen LogP contribution in [0.4, 0.5) is 8.78 Å². The molecular weight excluding hydrogens is 278 g/mol. The van der Waals surface area contributed by atoms with Crippen molar-refractivity contribution in [3.8, 4) is 5.69 Å². The van der Waals surface area contributed by atoms with Crippen LogP contribution in [0.1, 0.15) is 0 Å². The van der Waals surface area contributed by atoms with Gasteiger partial charge >= 0.3 is 23.1 Å². The number of halogens is 3. The van der Waals surface area contributed by atoms with Gasteiger partial charge in [0, 0.05) is 24.0 Å². The van der Waals surface area contributed by atoms with Crippen LogP contribution < -0.4 is 17.0 Å². The van der Waals surface area contributed by atoms with Crippen molar-refractivity contribution >= 4 is 23.1 Å². The van der Waals surface area contributed by atoms with Crippen LogP contribution in [0.25, 0.3) is 5.69 Å². The fourth-order valence-corrected chi connectivity index (χ4v) is 1.01. The average Bonchev–Trinajstić information content (AvgIpc) is 2.56. The molecule has 2 rings (SSSR count). The smallest absolute Gasteiger partial charge is 1.00 e. The average molecular weight is 283 g/mol. The Morgan fingerprint density at radius 2 is 2.07 bits per heavy atom. The summed E-state index contributed by atoms with van der Waals surface area (Å²) < 4.78 is 26.9. The Morgan fingerprint density at radius 3 is 2.60 bits per heavy atom. The molecule has 0 saturated heterocycles. The second-order valence-electron chi connectivity index (χ2n) is 2.47. The van der Waals surface area contributed by atoms with Crippen molar-refractivity contribution in [2.75, 3.05) is 0 Å². The molecule has 0 aliphatic heterocycles. The van der Waals surface area contributed by atoms with Crippen LogP contribution in [0.2, 0.25) is 0 Å². The van der Waals surface area contributed by atoms with E-state index in [9.17, 15) is 8.78 Å². The fourth-order valence-electron chi connectivity index (χ4n) is 1.01. The first-order valence-corrected chi connectivity index (χ1v) is 3.64. The Balaban J connectivity index is 0.000000980.